The Bertz CT molecular complexity index is 752. The molecule has 0 spiro atoms. The molecule has 0 radical (unpaired) electrons. The number of ketones is 1. The van der Waals surface area contributed by atoms with Crippen molar-refractivity contribution < 1.29 is 14.8 Å². The Balaban J connectivity index is 1.88. The first kappa shape index (κ1) is 15.4. The number of hydrogen-bond acceptors (Lipinski definition) is 4. The number of rotatable bonds is 4. The van der Waals surface area contributed by atoms with Crippen LogP contribution >= 0.6 is 0 Å². The smallest absolute Gasteiger partial charge is 0.269 e. The monoisotopic (exact) mass is 311 g/mol. The fourth-order valence-corrected chi connectivity index (χ4v) is 3.12. The van der Waals surface area contributed by atoms with Gasteiger partial charge in [-0.1, -0.05) is 18.2 Å². The van der Waals surface area contributed by atoms with E-state index in [4.69, 9.17) is 5.11 Å². The van der Waals surface area contributed by atoms with E-state index < -0.39 is 11.5 Å². The number of carbonyl (C=O) groups excluding carboxylic acids is 1. The van der Waals surface area contributed by atoms with Crippen molar-refractivity contribution in [3.63, 3.8) is 0 Å². The largest absolute Gasteiger partial charge is 0.389 e. The Labute approximate surface area is 133 Å². The molecule has 1 aliphatic rings. The maximum atomic E-state index is 11.7. The molecular formula is C18H17NO4. The maximum Gasteiger partial charge on any atom is 0.269 e. The minimum atomic E-state index is -0.415. The number of carbonyl (C=O) groups is 1. The summed E-state index contributed by atoms with van der Waals surface area (Å²) >= 11 is 0. The molecule has 3 rings (SSSR count). The molecule has 0 amide bonds. The molecule has 0 saturated carbocycles. The summed E-state index contributed by atoms with van der Waals surface area (Å²) in [7, 11) is 0. The van der Waals surface area contributed by atoms with Crippen LogP contribution in [-0.4, -0.2) is 22.4 Å². The van der Waals surface area contributed by atoms with Gasteiger partial charge in [0.15, 0.2) is 5.78 Å². The number of aliphatic hydroxyl groups is 1. The van der Waals surface area contributed by atoms with Gasteiger partial charge in [-0.15, -0.1) is 0 Å². The molecule has 1 unspecified atom stereocenters. The fraction of sp³-hybridized carbons (Fsp3) is 0.278. The average molecular weight is 311 g/mol. The molecule has 0 fully saturated rings. The van der Waals surface area contributed by atoms with Crippen molar-refractivity contribution in [2.24, 2.45) is 5.92 Å². The third-order valence-corrected chi connectivity index (χ3v) is 4.46. The summed E-state index contributed by atoms with van der Waals surface area (Å²) in [5.74, 6) is -0.212. The van der Waals surface area contributed by atoms with E-state index in [0.717, 1.165) is 29.5 Å². The molecule has 1 aliphatic carbocycles. The second-order valence-corrected chi connectivity index (χ2v) is 5.85. The molecule has 5 nitrogen and oxygen atoms in total. The van der Waals surface area contributed by atoms with Crippen molar-refractivity contribution in [1.82, 2.24) is 0 Å². The number of aryl methyl sites for hydroxylation is 1. The van der Waals surface area contributed by atoms with Gasteiger partial charge < -0.3 is 5.11 Å². The lowest BCUT2D eigenvalue weighted by Gasteiger charge is -2.23. The zero-order valence-corrected chi connectivity index (χ0v) is 12.6. The second-order valence-electron chi connectivity index (χ2n) is 5.85. The lowest BCUT2D eigenvalue weighted by Crippen LogP contribution is -2.24. The van der Waals surface area contributed by atoms with Crippen molar-refractivity contribution in [3.8, 4) is 11.1 Å². The van der Waals surface area contributed by atoms with Crippen LogP contribution in [-0.2, 0) is 17.6 Å². The van der Waals surface area contributed by atoms with Crippen molar-refractivity contribution in [3.05, 3.63) is 63.7 Å². The Morgan fingerprint density at radius 3 is 2.48 bits per heavy atom. The summed E-state index contributed by atoms with van der Waals surface area (Å²) in [6.45, 7) is -0.401. The van der Waals surface area contributed by atoms with Crippen LogP contribution in [0.1, 0.15) is 17.5 Å². The number of benzene rings is 2. The minimum Gasteiger partial charge on any atom is -0.389 e. The quantitative estimate of drug-likeness (QED) is 0.695. The van der Waals surface area contributed by atoms with Gasteiger partial charge in [-0.2, -0.15) is 0 Å². The number of non-ortho nitro benzene ring substituents is 1. The van der Waals surface area contributed by atoms with Crippen LogP contribution in [0.15, 0.2) is 42.5 Å². The van der Waals surface area contributed by atoms with Gasteiger partial charge in [0.1, 0.15) is 6.61 Å². The molecule has 0 bridgehead atoms. The van der Waals surface area contributed by atoms with Gasteiger partial charge >= 0.3 is 0 Å². The van der Waals surface area contributed by atoms with Crippen molar-refractivity contribution in [1.29, 1.82) is 0 Å². The second kappa shape index (κ2) is 6.30. The maximum absolute atomic E-state index is 11.7. The zero-order valence-electron chi connectivity index (χ0n) is 12.6. The lowest BCUT2D eigenvalue weighted by atomic mass is 9.81. The summed E-state index contributed by atoms with van der Waals surface area (Å²) < 4.78 is 0. The molecule has 23 heavy (non-hydrogen) atoms. The minimum absolute atomic E-state index is 0.0697. The molecule has 5 heteroatoms. The highest BCUT2D eigenvalue weighted by atomic mass is 16.6. The number of nitrogens with zero attached hydrogens (tertiary/aromatic N) is 1. The molecule has 0 aliphatic heterocycles. The number of aliphatic hydroxyl groups excluding tert-OH is 1. The first-order valence-electron chi connectivity index (χ1n) is 7.58. The molecule has 2 aromatic rings. The first-order chi connectivity index (χ1) is 11.1. The van der Waals surface area contributed by atoms with Crippen LogP contribution < -0.4 is 0 Å². The van der Waals surface area contributed by atoms with E-state index in [1.807, 2.05) is 12.1 Å². The third-order valence-electron chi connectivity index (χ3n) is 4.46. The summed E-state index contributed by atoms with van der Waals surface area (Å²) in [6.07, 6.45) is 2.27. The fourth-order valence-electron chi connectivity index (χ4n) is 3.12. The number of hydrogen-bond donors (Lipinski definition) is 1. The van der Waals surface area contributed by atoms with E-state index in [-0.39, 0.29) is 17.4 Å². The normalized spacial score (nSPS) is 16.7. The molecule has 1 N–H and O–H groups in total. The van der Waals surface area contributed by atoms with Crippen LogP contribution in [0.4, 0.5) is 5.69 Å². The van der Waals surface area contributed by atoms with Crippen LogP contribution in [0, 0.1) is 16.0 Å². The van der Waals surface area contributed by atoms with Gasteiger partial charge in [-0.3, -0.25) is 14.9 Å². The summed E-state index contributed by atoms with van der Waals surface area (Å²) in [6, 6.07) is 12.6. The number of Topliss-reactive ketones (excluding diaryl/α,β-unsaturated/α-hetero) is 1. The van der Waals surface area contributed by atoms with Crippen molar-refractivity contribution in [2.45, 2.75) is 19.3 Å². The summed E-state index contributed by atoms with van der Waals surface area (Å²) in [5.41, 5.74) is 4.32. The Morgan fingerprint density at radius 2 is 1.83 bits per heavy atom. The summed E-state index contributed by atoms with van der Waals surface area (Å²) in [4.78, 5) is 22.0. The SMILES string of the molecule is O=C(CO)C1CCc2ccc(-c3ccc([N+](=O)[O-])cc3)cc2C1. The highest BCUT2D eigenvalue weighted by Crippen LogP contribution is 2.31. The van der Waals surface area contributed by atoms with Gasteiger partial charge in [0, 0.05) is 18.1 Å². The van der Waals surface area contributed by atoms with E-state index in [9.17, 15) is 14.9 Å². The topological polar surface area (TPSA) is 80.4 Å². The van der Waals surface area contributed by atoms with Crippen LogP contribution in [0.2, 0.25) is 0 Å². The van der Waals surface area contributed by atoms with Gasteiger partial charge in [0.25, 0.3) is 5.69 Å². The van der Waals surface area contributed by atoms with Crippen LogP contribution in [0.3, 0.4) is 0 Å². The van der Waals surface area contributed by atoms with Gasteiger partial charge in [-0.05, 0) is 53.6 Å². The number of fused-ring (bicyclic) bond motifs is 1. The van der Waals surface area contributed by atoms with Gasteiger partial charge in [0.2, 0.25) is 0 Å². The molecule has 0 heterocycles. The average Bonchev–Trinajstić information content (AvgIpc) is 2.60. The van der Waals surface area contributed by atoms with Crippen molar-refractivity contribution in [2.75, 3.05) is 6.61 Å². The summed E-state index contributed by atoms with van der Waals surface area (Å²) in [5, 5.41) is 19.8. The first-order valence-corrected chi connectivity index (χ1v) is 7.58. The Kier molecular flexibility index (Phi) is 4.21. The molecule has 1 atom stereocenters. The van der Waals surface area contributed by atoms with E-state index in [1.54, 1.807) is 12.1 Å². The highest BCUT2D eigenvalue weighted by molar-refractivity contribution is 5.82. The van der Waals surface area contributed by atoms with Crippen molar-refractivity contribution >= 4 is 11.5 Å². The number of nitro groups is 1. The molecule has 0 saturated heterocycles. The zero-order chi connectivity index (χ0) is 16.4. The van der Waals surface area contributed by atoms with E-state index >= 15 is 0 Å². The van der Waals surface area contributed by atoms with E-state index in [1.165, 1.54) is 17.7 Å². The van der Waals surface area contributed by atoms with E-state index in [0.29, 0.717) is 6.42 Å². The lowest BCUT2D eigenvalue weighted by molar-refractivity contribution is -0.384. The van der Waals surface area contributed by atoms with Gasteiger partial charge in [0.05, 0.1) is 4.92 Å². The van der Waals surface area contributed by atoms with Gasteiger partial charge in [-0.25, -0.2) is 0 Å². The predicted octanol–water partition coefficient (Wildman–Crippen LogP) is 2.93. The Morgan fingerprint density at radius 1 is 1.13 bits per heavy atom. The standard InChI is InChI=1S/C18H17NO4/c20-11-18(21)15-4-2-13-1-3-14(9-16(13)10-15)12-5-7-17(8-6-12)19(22)23/h1,3,5-9,15,20H,2,4,10-11H2. The van der Waals surface area contributed by atoms with E-state index in [2.05, 4.69) is 6.07 Å². The third kappa shape index (κ3) is 3.14. The predicted molar refractivity (Wildman–Crippen MR) is 86.1 cm³/mol. The highest BCUT2D eigenvalue weighted by Gasteiger charge is 2.24. The molecule has 118 valence electrons. The Hall–Kier alpha value is -2.53. The van der Waals surface area contributed by atoms with Crippen LogP contribution in [0.25, 0.3) is 11.1 Å². The molecule has 2 aromatic carbocycles. The number of nitro benzene ring substituents is 1. The molecular weight excluding hydrogens is 294 g/mol. The molecule has 0 aromatic heterocycles. The van der Waals surface area contributed by atoms with Crippen LogP contribution in [0.5, 0.6) is 0 Å².